The van der Waals surface area contributed by atoms with Crippen LogP contribution >= 0.6 is 11.6 Å². The van der Waals surface area contributed by atoms with Gasteiger partial charge in [-0.1, -0.05) is 23.7 Å². The number of nitrogens with zero attached hydrogens (tertiary/aromatic N) is 3. The van der Waals surface area contributed by atoms with Gasteiger partial charge in [0.1, 0.15) is 11.4 Å². The predicted molar refractivity (Wildman–Crippen MR) is 96.7 cm³/mol. The Kier molecular flexibility index (Phi) is 4.41. The number of pyridine rings is 1. The molecule has 0 aliphatic heterocycles. The summed E-state index contributed by atoms with van der Waals surface area (Å²) in [5, 5.41) is 3.46. The highest BCUT2D eigenvalue weighted by molar-refractivity contribution is 6.42. The molecule has 0 saturated heterocycles. The van der Waals surface area contributed by atoms with Gasteiger partial charge in [-0.2, -0.15) is 5.10 Å². The first-order valence-corrected chi connectivity index (χ1v) is 7.68. The van der Waals surface area contributed by atoms with E-state index in [-0.39, 0.29) is 0 Å². The topological polar surface area (TPSA) is 39.9 Å². The van der Waals surface area contributed by atoms with E-state index in [1.807, 2.05) is 18.2 Å². The van der Waals surface area contributed by atoms with Crippen LogP contribution in [0.5, 0.6) is 5.75 Å². The molecular formula is C17H14B2ClN3O. The molecule has 0 unspecified atom stereocenters. The van der Waals surface area contributed by atoms with Crippen molar-refractivity contribution >= 4 is 27.3 Å². The third-order valence-corrected chi connectivity index (χ3v) is 4.02. The van der Waals surface area contributed by atoms with E-state index in [9.17, 15) is 0 Å². The molecule has 0 amide bonds. The summed E-state index contributed by atoms with van der Waals surface area (Å²) in [5.41, 5.74) is 2.62. The molecule has 24 heavy (non-hydrogen) atoms. The molecule has 2 aromatic heterocycles. The van der Waals surface area contributed by atoms with Gasteiger partial charge in [-0.3, -0.25) is 4.68 Å². The molecule has 4 nitrogen and oxygen atoms in total. The summed E-state index contributed by atoms with van der Waals surface area (Å²) >= 11 is 6.09. The van der Waals surface area contributed by atoms with E-state index in [0.29, 0.717) is 27.7 Å². The molecule has 0 aliphatic carbocycles. The quantitative estimate of drug-likeness (QED) is 0.689. The molecule has 3 aromatic rings. The maximum absolute atomic E-state index is 6.34. The maximum Gasteiger partial charge on any atom is 0.145 e. The van der Waals surface area contributed by atoms with E-state index in [0.717, 1.165) is 5.56 Å². The lowest BCUT2D eigenvalue weighted by atomic mass is 9.50. The van der Waals surface area contributed by atoms with Crippen LogP contribution in [0.3, 0.4) is 0 Å². The first kappa shape index (κ1) is 16.7. The molecule has 0 N–H and O–H groups in total. The van der Waals surface area contributed by atoms with E-state index < -0.39 is 5.21 Å². The highest BCUT2D eigenvalue weighted by Gasteiger charge is 2.26. The number of hydrogen-bond donors (Lipinski definition) is 0. The van der Waals surface area contributed by atoms with E-state index in [1.165, 1.54) is 0 Å². The first-order chi connectivity index (χ1) is 11.4. The van der Waals surface area contributed by atoms with E-state index in [1.54, 1.807) is 49.4 Å². The van der Waals surface area contributed by atoms with Crippen molar-refractivity contribution in [1.29, 1.82) is 0 Å². The van der Waals surface area contributed by atoms with Gasteiger partial charge in [0.05, 0.1) is 29.0 Å². The van der Waals surface area contributed by atoms with Crippen molar-refractivity contribution in [3.8, 4) is 17.0 Å². The van der Waals surface area contributed by atoms with Crippen LogP contribution in [0.2, 0.25) is 5.02 Å². The molecule has 7 heteroatoms. The molecule has 3 rings (SSSR count). The summed E-state index contributed by atoms with van der Waals surface area (Å²) in [5.74, 6) is 0.614. The fourth-order valence-electron chi connectivity index (χ4n) is 2.47. The standard InChI is InChI=1S/C17H14B2ClN3O/c1-23-10-12(9-21-23)17(18,19)15-7-6-14(24-2)16(22-15)11-4-3-5-13(20)8-11/h3-10H,1-2H3. The zero-order valence-electron chi connectivity index (χ0n) is 13.4. The molecule has 116 valence electrons. The number of benzene rings is 1. The van der Waals surface area contributed by atoms with Gasteiger partial charge in [0, 0.05) is 29.5 Å². The van der Waals surface area contributed by atoms with Crippen molar-refractivity contribution in [2.24, 2.45) is 7.05 Å². The minimum absolute atomic E-state index is 0.506. The van der Waals surface area contributed by atoms with Crippen molar-refractivity contribution in [2.45, 2.75) is 5.21 Å². The third-order valence-electron chi connectivity index (χ3n) is 3.78. The van der Waals surface area contributed by atoms with Crippen LogP contribution < -0.4 is 4.74 Å². The first-order valence-electron chi connectivity index (χ1n) is 7.30. The lowest BCUT2D eigenvalue weighted by molar-refractivity contribution is 0.414. The third kappa shape index (κ3) is 3.06. The Morgan fingerprint density at radius 3 is 2.62 bits per heavy atom. The van der Waals surface area contributed by atoms with Crippen molar-refractivity contribution in [3.63, 3.8) is 0 Å². The van der Waals surface area contributed by atoms with Gasteiger partial charge in [0.2, 0.25) is 0 Å². The number of rotatable bonds is 4. The number of aromatic nitrogens is 3. The van der Waals surface area contributed by atoms with Gasteiger partial charge in [-0.25, -0.2) is 4.98 Å². The summed E-state index contributed by atoms with van der Waals surface area (Å²) in [7, 11) is 16.1. The maximum atomic E-state index is 6.34. The second-order valence-corrected chi connectivity index (χ2v) is 5.97. The number of halogens is 1. The molecule has 0 atom stereocenters. The monoisotopic (exact) mass is 333 g/mol. The van der Waals surface area contributed by atoms with E-state index in [2.05, 4.69) is 10.1 Å². The number of hydrogen-bond acceptors (Lipinski definition) is 3. The lowest BCUT2D eigenvalue weighted by Crippen LogP contribution is -2.29. The Hall–Kier alpha value is -2.20. The van der Waals surface area contributed by atoms with Gasteiger partial charge < -0.3 is 4.74 Å². The van der Waals surface area contributed by atoms with Gasteiger partial charge in [0.25, 0.3) is 0 Å². The molecule has 0 fully saturated rings. The fourth-order valence-corrected chi connectivity index (χ4v) is 2.66. The molecular weight excluding hydrogens is 319 g/mol. The highest BCUT2D eigenvalue weighted by Crippen LogP contribution is 2.33. The van der Waals surface area contributed by atoms with Crippen LogP contribution in [0.15, 0.2) is 48.8 Å². The molecule has 0 saturated carbocycles. The Morgan fingerprint density at radius 2 is 2.00 bits per heavy atom. The lowest BCUT2D eigenvalue weighted by Gasteiger charge is -2.25. The van der Waals surface area contributed by atoms with Crippen LogP contribution in [-0.4, -0.2) is 37.6 Å². The zero-order valence-corrected chi connectivity index (χ0v) is 14.2. The summed E-state index contributed by atoms with van der Waals surface area (Å²) < 4.78 is 7.06. The summed E-state index contributed by atoms with van der Waals surface area (Å²) in [6.07, 6.45) is 3.40. The van der Waals surface area contributed by atoms with Crippen LogP contribution in [0.25, 0.3) is 11.3 Å². The summed E-state index contributed by atoms with van der Waals surface area (Å²) in [6, 6.07) is 10.9. The van der Waals surface area contributed by atoms with Gasteiger partial charge in [0.15, 0.2) is 0 Å². The number of aryl methyl sites for hydroxylation is 1. The average molecular weight is 333 g/mol. The Labute approximate surface area is 148 Å². The van der Waals surface area contributed by atoms with E-state index >= 15 is 0 Å². The Balaban J connectivity index is 2.12. The fraction of sp³-hybridized carbons (Fsp3) is 0.176. The number of ether oxygens (including phenoxy) is 1. The molecule has 1 aromatic carbocycles. The molecule has 0 bridgehead atoms. The van der Waals surface area contributed by atoms with Crippen LogP contribution in [0.1, 0.15) is 11.3 Å². The van der Waals surface area contributed by atoms with Gasteiger partial charge >= 0.3 is 0 Å². The zero-order chi connectivity index (χ0) is 17.3. The highest BCUT2D eigenvalue weighted by atomic mass is 35.5. The average Bonchev–Trinajstić information content (AvgIpc) is 3.01. The smallest absolute Gasteiger partial charge is 0.145 e. The van der Waals surface area contributed by atoms with E-state index in [4.69, 9.17) is 32.0 Å². The number of methoxy groups -OCH3 is 1. The minimum Gasteiger partial charge on any atom is -0.494 e. The van der Waals surface area contributed by atoms with Crippen molar-refractivity contribution in [1.82, 2.24) is 14.8 Å². The van der Waals surface area contributed by atoms with Crippen LogP contribution in [0.4, 0.5) is 0 Å². The predicted octanol–water partition coefficient (Wildman–Crippen LogP) is 2.68. The van der Waals surface area contributed by atoms with Crippen molar-refractivity contribution in [2.75, 3.05) is 7.11 Å². The van der Waals surface area contributed by atoms with Gasteiger partial charge in [-0.15, -0.1) is 0 Å². The Bertz CT molecular complexity index is 880. The minimum atomic E-state index is -1.27. The molecule has 2 heterocycles. The second kappa shape index (κ2) is 6.36. The second-order valence-electron chi connectivity index (χ2n) is 5.53. The van der Waals surface area contributed by atoms with Gasteiger partial charge in [-0.05, 0) is 35.0 Å². The van der Waals surface area contributed by atoms with Crippen molar-refractivity contribution < 1.29 is 4.74 Å². The van der Waals surface area contributed by atoms with Crippen molar-refractivity contribution in [3.05, 3.63) is 65.1 Å². The molecule has 0 aliphatic rings. The molecule has 0 spiro atoms. The van der Waals surface area contributed by atoms with Crippen LogP contribution in [-0.2, 0) is 12.3 Å². The van der Waals surface area contributed by atoms with Crippen LogP contribution in [0, 0.1) is 0 Å². The largest absolute Gasteiger partial charge is 0.494 e. The normalized spacial score (nSPS) is 11.5. The summed E-state index contributed by atoms with van der Waals surface area (Å²) in [4.78, 5) is 4.64. The molecule has 4 radical (unpaired) electrons. The Morgan fingerprint density at radius 1 is 1.21 bits per heavy atom. The SMILES string of the molecule is [B]C([B])(c1cnn(C)c1)c1ccc(OC)c(-c2cccc(Cl)c2)n1. The summed E-state index contributed by atoms with van der Waals surface area (Å²) in [6.45, 7) is 0.